The Bertz CT molecular complexity index is 618. The Balaban J connectivity index is 1.81. The van der Waals surface area contributed by atoms with Crippen LogP contribution in [-0.2, 0) is 6.18 Å². The average Bonchev–Trinajstić information content (AvgIpc) is 3.08. The van der Waals surface area contributed by atoms with E-state index in [1.807, 2.05) is 0 Å². The molecule has 0 spiro atoms. The number of alkyl halides is 3. The first-order chi connectivity index (χ1) is 10.0. The van der Waals surface area contributed by atoms with Gasteiger partial charge in [-0.15, -0.1) is 0 Å². The molecule has 1 unspecified atom stereocenters. The van der Waals surface area contributed by atoms with Gasteiger partial charge in [0.1, 0.15) is 5.75 Å². The van der Waals surface area contributed by atoms with Crippen molar-refractivity contribution in [2.24, 2.45) is 0 Å². The maximum Gasteiger partial charge on any atom is 0.419 e. The van der Waals surface area contributed by atoms with Gasteiger partial charge in [0, 0.05) is 6.54 Å². The Morgan fingerprint density at radius 2 is 2.10 bits per heavy atom. The predicted octanol–water partition coefficient (Wildman–Crippen LogP) is 3.23. The standard InChI is InChI=1S/C14H14F3N3O/c15-14(16,17)12-3-1-2-4-13(12)21-11-8-19-20(9-11)10-5-6-18-7-10/h1-4,8-10,18H,5-7H2. The second-order valence-electron chi connectivity index (χ2n) is 4.90. The van der Waals surface area contributed by atoms with Gasteiger partial charge in [-0.3, -0.25) is 4.68 Å². The van der Waals surface area contributed by atoms with Gasteiger partial charge in [0.15, 0.2) is 5.75 Å². The number of para-hydroxylation sites is 1. The summed E-state index contributed by atoms with van der Waals surface area (Å²) in [5.74, 6) is 0.0905. The Kier molecular flexibility index (Phi) is 3.59. The zero-order valence-electron chi connectivity index (χ0n) is 11.1. The highest BCUT2D eigenvalue weighted by Gasteiger charge is 2.34. The monoisotopic (exact) mass is 297 g/mol. The van der Waals surface area contributed by atoms with Crippen LogP contribution in [0.5, 0.6) is 11.5 Å². The lowest BCUT2D eigenvalue weighted by molar-refractivity contribution is -0.138. The zero-order valence-corrected chi connectivity index (χ0v) is 11.1. The summed E-state index contributed by atoms with van der Waals surface area (Å²) in [6, 6.07) is 5.37. The number of ether oxygens (including phenoxy) is 1. The summed E-state index contributed by atoms with van der Waals surface area (Å²) in [4.78, 5) is 0. The van der Waals surface area contributed by atoms with E-state index in [1.165, 1.54) is 24.4 Å². The summed E-state index contributed by atoms with van der Waals surface area (Å²) >= 11 is 0. The number of aromatic nitrogens is 2. The SMILES string of the molecule is FC(F)(F)c1ccccc1Oc1cnn(C2CCNC2)c1. The molecule has 7 heteroatoms. The number of rotatable bonds is 3. The van der Waals surface area contributed by atoms with Crippen molar-refractivity contribution in [1.82, 2.24) is 15.1 Å². The highest BCUT2D eigenvalue weighted by molar-refractivity contribution is 5.38. The second kappa shape index (κ2) is 5.40. The fraction of sp³-hybridized carbons (Fsp3) is 0.357. The van der Waals surface area contributed by atoms with Crippen LogP contribution in [0.15, 0.2) is 36.7 Å². The van der Waals surface area contributed by atoms with Crippen LogP contribution in [0.3, 0.4) is 0 Å². The van der Waals surface area contributed by atoms with Crippen molar-refractivity contribution in [3.63, 3.8) is 0 Å². The first kappa shape index (κ1) is 13.9. The van der Waals surface area contributed by atoms with Crippen LogP contribution in [0.25, 0.3) is 0 Å². The first-order valence-corrected chi connectivity index (χ1v) is 6.63. The lowest BCUT2D eigenvalue weighted by Crippen LogP contribution is -2.13. The molecule has 1 N–H and O–H groups in total. The van der Waals surface area contributed by atoms with Gasteiger partial charge < -0.3 is 10.1 Å². The number of hydrogen-bond donors (Lipinski definition) is 1. The predicted molar refractivity (Wildman–Crippen MR) is 70.3 cm³/mol. The van der Waals surface area contributed by atoms with Gasteiger partial charge >= 0.3 is 6.18 Å². The van der Waals surface area contributed by atoms with Gasteiger partial charge in [-0.25, -0.2) is 0 Å². The number of halogens is 3. The normalized spacial score (nSPS) is 18.9. The first-order valence-electron chi connectivity index (χ1n) is 6.63. The highest BCUT2D eigenvalue weighted by Crippen LogP contribution is 2.37. The molecule has 1 fully saturated rings. The molecule has 1 aromatic carbocycles. The van der Waals surface area contributed by atoms with Crippen molar-refractivity contribution in [1.29, 1.82) is 0 Å². The van der Waals surface area contributed by atoms with Crippen LogP contribution >= 0.6 is 0 Å². The smallest absolute Gasteiger partial charge is 0.419 e. The molecule has 0 aliphatic carbocycles. The number of nitrogens with zero attached hydrogens (tertiary/aromatic N) is 2. The summed E-state index contributed by atoms with van der Waals surface area (Å²) in [5, 5.41) is 7.36. The summed E-state index contributed by atoms with van der Waals surface area (Å²) in [6.07, 6.45) is -0.432. The summed E-state index contributed by atoms with van der Waals surface area (Å²) in [5.41, 5.74) is -0.791. The fourth-order valence-corrected chi connectivity index (χ4v) is 2.36. The van der Waals surface area contributed by atoms with Gasteiger partial charge in [-0.1, -0.05) is 12.1 Å². The molecule has 0 amide bonds. The minimum absolute atomic E-state index is 0.214. The molecule has 4 nitrogen and oxygen atoms in total. The van der Waals surface area contributed by atoms with Crippen LogP contribution in [0.4, 0.5) is 13.2 Å². The molecule has 21 heavy (non-hydrogen) atoms. The van der Waals surface area contributed by atoms with Gasteiger partial charge in [0.25, 0.3) is 0 Å². The molecule has 1 saturated heterocycles. The van der Waals surface area contributed by atoms with Crippen LogP contribution in [0.1, 0.15) is 18.0 Å². The van der Waals surface area contributed by atoms with Gasteiger partial charge in [0.05, 0.1) is 24.0 Å². The summed E-state index contributed by atoms with van der Waals surface area (Å²) in [7, 11) is 0. The number of hydrogen-bond acceptors (Lipinski definition) is 3. The quantitative estimate of drug-likeness (QED) is 0.945. The molecular formula is C14H14F3N3O. The molecule has 1 aliphatic rings. The van der Waals surface area contributed by atoms with Crippen molar-refractivity contribution in [2.45, 2.75) is 18.6 Å². The van der Waals surface area contributed by atoms with Crippen LogP contribution in [0.2, 0.25) is 0 Å². The van der Waals surface area contributed by atoms with Crippen molar-refractivity contribution in [3.8, 4) is 11.5 Å². The third-order valence-electron chi connectivity index (χ3n) is 3.41. The fourth-order valence-electron chi connectivity index (χ4n) is 2.36. The van der Waals surface area contributed by atoms with E-state index in [4.69, 9.17) is 4.74 Å². The number of benzene rings is 1. The Morgan fingerprint density at radius 1 is 1.29 bits per heavy atom. The second-order valence-corrected chi connectivity index (χ2v) is 4.90. The molecule has 1 aromatic heterocycles. The molecule has 1 aliphatic heterocycles. The molecule has 0 bridgehead atoms. The summed E-state index contributed by atoms with van der Waals surface area (Å²) < 4.78 is 45.8. The topological polar surface area (TPSA) is 39.1 Å². The average molecular weight is 297 g/mol. The van der Waals surface area contributed by atoms with Crippen LogP contribution in [-0.4, -0.2) is 22.9 Å². The number of nitrogens with one attached hydrogen (secondary N) is 1. The van der Waals surface area contributed by atoms with E-state index < -0.39 is 11.7 Å². The Morgan fingerprint density at radius 3 is 2.81 bits per heavy atom. The van der Waals surface area contributed by atoms with E-state index in [-0.39, 0.29) is 11.8 Å². The maximum atomic E-state index is 12.9. The Hall–Kier alpha value is -2.02. The summed E-state index contributed by atoms with van der Waals surface area (Å²) in [6.45, 7) is 1.72. The molecule has 2 aromatic rings. The molecule has 0 radical (unpaired) electrons. The molecule has 3 rings (SSSR count). The molecule has 1 atom stereocenters. The minimum atomic E-state index is -4.44. The maximum absolute atomic E-state index is 12.9. The van der Waals surface area contributed by atoms with Crippen LogP contribution < -0.4 is 10.1 Å². The minimum Gasteiger partial charge on any atom is -0.453 e. The van der Waals surface area contributed by atoms with E-state index in [0.29, 0.717) is 5.75 Å². The third kappa shape index (κ3) is 3.02. The van der Waals surface area contributed by atoms with Gasteiger partial charge in [-0.05, 0) is 25.1 Å². The lowest BCUT2D eigenvalue weighted by atomic mass is 10.2. The van der Waals surface area contributed by atoms with Crippen LogP contribution in [0, 0.1) is 0 Å². The van der Waals surface area contributed by atoms with Crippen molar-refractivity contribution in [3.05, 3.63) is 42.2 Å². The van der Waals surface area contributed by atoms with E-state index in [1.54, 1.807) is 10.9 Å². The molecule has 0 saturated carbocycles. The zero-order chi connectivity index (χ0) is 14.9. The van der Waals surface area contributed by atoms with E-state index in [2.05, 4.69) is 10.4 Å². The van der Waals surface area contributed by atoms with Crippen molar-refractivity contribution >= 4 is 0 Å². The van der Waals surface area contributed by atoms with Crippen molar-refractivity contribution in [2.75, 3.05) is 13.1 Å². The molecule has 112 valence electrons. The van der Waals surface area contributed by atoms with E-state index >= 15 is 0 Å². The van der Waals surface area contributed by atoms with E-state index in [0.717, 1.165) is 25.6 Å². The third-order valence-corrected chi connectivity index (χ3v) is 3.41. The Labute approximate surface area is 119 Å². The lowest BCUT2D eigenvalue weighted by Gasteiger charge is -2.12. The van der Waals surface area contributed by atoms with Gasteiger partial charge in [0.2, 0.25) is 0 Å². The largest absolute Gasteiger partial charge is 0.453 e. The molecule has 2 heterocycles. The molecular weight excluding hydrogens is 283 g/mol. The van der Waals surface area contributed by atoms with E-state index in [9.17, 15) is 13.2 Å². The highest BCUT2D eigenvalue weighted by atomic mass is 19.4. The van der Waals surface area contributed by atoms with Gasteiger partial charge in [-0.2, -0.15) is 18.3 Å². The van der Waals surface area contributed by atoms with Crippen molar-refractivity contribution < 1.29 is 17.9 Å².